The summed E-state index contributed by atoms with van der Waals surface area (Å²) in [6, 6.07) is 13.0. The third-order valence-electron chi connectivity index (χ3n) is 4.57. The lowest BCUT2D eigenvalue weighted by atomic mass is 10.1. The second-order valence-corrected chi connectivity index (χ2v) is 7.02. The monoisotopic (exact) mass is 428 g/mol. The largest absolute Gasteiger partial charge is 0.406 e. The highest BCUT2D eigenvalue weighted by atomic mass is 19.4. The molecular weight excluding hydrogens is 405 g/mol. The van der Waals surface area contributed by atoms with Crippen molar-refractivity contribution >= 4 is 12.0 Å². The van der Waals surface area contributed by atoms with Crippen molar-refractivity contribution < 1.29 is 18.0 Å². The molecule has 0 aliphatic heterocycles. The number of hydrogen-bond donors (Lipinski definition) is 0. The second-order valence-electron chi connectivity index (χ2n) is 7.02. The molecule has 8 heteroatoms. The van der Waals surface area contributed by atoms with Crippen LogP contribution in [0.5, 0.6) is 0 Å². The minimum Gasteiger partial charge on any atom is -0.330 e. The molecule has 0 aliphatic rings. The Hall–Kier alpha value is -3.42. The van der Waals surface area contributed by atoms with E-state index in [0.29, 0.717) is 24.1 Å². The van der Waals surface area contributed by atoms with Gasteiger partial charge in [0.15, 0.2) is 0 Å². The molecule has 0 aliphatic carbocycles. The van der Waals surface area contributed by atoms with Gasteiger partial charge in [-0.2, -0.15) is 18.3 Å². The van der Waals surface area contributed by atoms with Gasteiger partial charge in [0.05, 0.1) is 5.69 Å². The molecule has 0 atom stereocenters. The number of amides is 1. The number of benzene rings is 1. The number of carbonyl (C=O) groups excluding carboxylic acids is 1. The lowest BCUT2D eigenvalue weighted by Crippen LogP contribution is -2.38. The molecule has 0 saturated carbocycles. The molecule has 31 heavy (non-hydrogen) atoms. The molecule has 1 amide bonds. The van der Waals surface area contributed by atoms with E-state index < -0.39 is 18.6 Å². The zero-order valence-corrected chi connectivity index (χ0v) is 17.1. The first-order valence-electron chi connectivity index (χ1n) is 9.96. The summed E-state index contributed by atoms with van der Waals surface area (Å²) in [6.07, 6.45) is 4.45. The maximum absolute atomic E-state index is 12.9. The van der Waals surface area contributed by atoms with Crippen LogP contribution in [0.25, 0.3) is 23.0 Å². The molecule has 0 spiro atoms. The van der Waals surface area contributed by atoms with E-state index in [0.717, 1.165) is 16.2 Å². The third-order valence-corrected chi connectivity index (χ3v) is 4.57. The average molecular weight is 428 g/mol. The Kier molecular flexibility index (Phi) is 7.23. The predicted molar refractivity (Wildman–Crippen MR) is 113 cm³/mol. The Morgan fingerprint density at radius 2 is 1.94 bits per heavy atom. The summed E-state index contributed by atoms with van der Waals surface area (Å²) in [5, 5.41) is 4.60. The van der Waals surface area contributed by atoms with Gasteiger partial charge in [-0.15, -0.1) is 0 Å². The molecule has 0 bridgehead atoms. The lowest BCUT2D eigenvalue weighted by molar-refractivity contribution is -0.158. The van der Waals surface area contributed by atoms with Crippen LogP contribution in [-0.2, 0) is 4.79 Å². The highest BCUT2D eigenvalue weighted by Gasteiger charge is 2.32. The van der Waals surface area contributed by atoms with Crippen LogP contribution in [0.15, 0.2) is 67.1 Å². The number of unbranched alkanes of at least 4 members (excludes halogenated alkanes) is 1. The minimum absolute atomic E-state index is 0.0535. The molecule has 0 N–H and O–H groups in total. The summed E-state index contributed by atoms with van der Waals surface area (Å²) in [6.45, 7) is 0.650. The molecule has 0 unspecified atom stereocenters. The maximum Gasteiger partial charge on any atom is 0.406 e. The molecule has 0 radical (unpaired) electrons. The Morgan fingerprint density at radius 3 is 2.58 bits per heavy atom. The van der Waals surface area contributed by atoms with Crippen LogP contribution < -0.4 is 0 Å². The molecule has 162 valence electrons. The van der Waals surface area contributed by atoms with Crippen molar-refractivity contribution in [1.82, 2.24) is 19.7 Å². The van der Waals surface area contributed by atoms with Crippen LogP contribution in [0.2, 0.25) is 0 Å². The molecule has 2 aromatic heterocycles. The molecule has 0 fully saturated rings. The number of carbonyl (C=O) groups is 1. The zero-order chi connectivity index (χ0) is 22.3. The van der Waals surface area contributed by atoms with Crippen LogP contribution in [0.3, 0.4) is 0 Å². The smallest absolute Gasteiger partial charge is 0.330 e. The van der Waals surface area contributed by atoms with Crippen LogP contribution in [0.1, 0.15) is 25.3 Å². The van der Waals surface area contributed by atoms with E-state index in [1.807, 2.05) is 43.3 Å². The number of para-hydroxylation sites is 1. The SMILES string of the molecule is CCCCN(CC(F)(F)F)C(=O)/C=C/c1cn(-c2ccccc2)nc1-c1cccnc1. The predicted octanol–water partition coefficient (Wildman–Crippen LogP) is 5.14. The summed E-state index contributed by atoms with van der Waals surface area (Å²) in [7, 11) is 0. The molecule has 5 nitrogen and oxygen atoms in total. The highest BCUT2D eigenvalue weighted by molar-refractivity contribution is 5.93. The van der Waals surface area contributed by atoms with Crippen molar-refractivity contribution in [2.24, 2.45) is 0 Å². The van der Waals surface area contributed by atoms with E-state index in [-0.39, 0.29) is 6.54 Å². The quantitative estimate of drug-likeness (QED) is 0.467. The van der Waals surface area contributed by atoms with Crippen molar-refractivity contribution in [2.45, 2.75) is 25.9 Å². The van der Waals surface area contributed by atoms with Gasteiger partial charge in [0.1, 0.15) is 12.2 Å². The van der Waals surface area contributed by atoms with E-state index in [2.05, 4.69) is 10.1 Å². The first-order valence-corrected chi connectivity index (χ1v) is 9.96. The first-order chi connectivity index (χ1) is 14.9. The van der Waals surface area contributed by atoms with Gasteiger partial charge in [-0.05, 0) is 36.8 Å². The molecule has 1 aromatic carbocycles. The second kappa shape index (κ2) is 10.1. The van der Waals surface area contributed by atoms with Gasteiger partial charge in [-0.1, -0.05) is 31.5 Å². The zero-order valence-electron chi connectivity index (χ0n) is 17.1. The average Bonchev–Trinajstić information content (AvgIpc) is 3.20. The number of rotatable bonds is 8. The Bertz CT molecular complexity index is 1010. The lowest BCUT2D eigenvalue weighted by Gasteiger charge is -2.22. The highest BCUT2D eigenvalue weighted by Crippen LogP contribution is 2.24. The summed E-state index contributed by atoms with van der Waals surface area (Å²) in [5.74, 6) is -0.685. The molecule has 0 saturated heterocycles. The Balaban J connectivity index is 1.92. The number of alkyl halides is 3. The topological polar surface area (TPSA) is 51.0 Å². The first kappa shape index (κ1) is 22.3. The fourth-order valence-corrected chi connectivity index (χ4v) is 3.05. The van der Waals surface area contributed by atoms with Crippen LogP contribution in [-0.4, -0.2) is 44.8 Å². The Morgan fingerprint density at radius 1 is 1.16 bits per heavy atom. The molecule has 3 rings (SSSR count). The number of aromatic nitrogens is 3. The fraction of sp³-hybridized carbons (Fsp3) is 0.261. The van der Waals surface area contributed by atoms with Crippen molar-refractivity contribution in [1.29, 1.82) is 0 Å². The van der Waals surface area contributed by atoms with Gasteiger partial charge in [-0.3, -0.25) is 9.78 Å². The van der Waals surface area contributed by atoms with Gasteiger partial charge in [0.25, 0.3) is 0 Å². The number of nitrogens with zero attached hydrogens (tertiary/aromatic N) is 4. The van der Waals surface area contributed by atoms with Gasteiger partial charge in [0, 0.05) is 42.3 Å². The normalized spacial score (nSPS) is 11.7. The molecule has 2 heterocycles. The fourth-order valence-electron chi connectivity index (χ4n) is 3.05. The summed E-state index contributed by atoms with van der Waals surface area (Å²) in [5.41, 5.74) is 2.74. The van der Waals surface area contributed by atoms with Gasteiger partial charge in [-0.25, -0.2) is 4.68 Å². The van der Waals surface area contributed by atoms with Gasteiger partial charge < -0.3 is 4.90 Å². The van der Waals surface area contributed by atoms with E-state index in [1.54, 1.807) is 29.3 Å². The van der Waals surface area contributed by atoms with Gasteiger partial charge >= 0.3 is 6.18 Å². The Labute approximate surface area is 178 Å². The van der Waals surface area contributed by atoms with Crippen molar-refractivity contribution in [3.8, 4) is 16.9 Å². The minimum atomic E-state index is -4.45. The standard InChI is InChI=1S/C23H23F3N4O/c1-2-3-14-29(17-23(24,25)26)21(31)12-11-19-16-30(20-9-5-4-6-10-20)28-22(19)18-8-7-13-27-15-18/h4-13,15-16H,2-3,14,17H2,1H3/b12-11+. The molecule has 3 aromatic rings. The van der Waals surface area contributed by atoms with E-state index >= 15 is 0 Å². The van der Waals surface area contributed by atoms with Gasteiger partial charge in [0.2, 0.25) is 5.91 Å². The van der Waals surface area contributed by atoms with Crippen LogP contribution in [0, 0.1) is 0 Å². The van der Waals surface area contributed by atoms with Crippen molar-refractivity contribution in [3.63, 3.8) is 0 Å². The maximum atomic E-state index is 12.9. The third kappa shape index (κ3) is 6.28. The molecular formula is C23H23F3N4O. The number of halogens is 3. The van der Waals surface area contributed by atoms with Crippen LogP contribution >= 0.6 is 0 Å². The summed E-state index contributed by atoms with van der Waals surface area (Å²) in [4.78, 5) is 17.5. The van der Waals surface area contributed by atoms with E-state index in [9.17, 15) is 18.0 Å². The van der Waals surface area contributed by atoms with Crippen molar-refractivity contribution in [3.05, 3.63) is 72.7 Å². The van der Waals surface area contributed by atoms with Crippen LogP contribution in [0.4, 0.5) is 13.2 Å². The summed E-state index contributed by atoms with van der Waals surface area (Å²) >= 11 is 0. The van der Waals surface area contributed by atoms with E-state index in [4.69, 9.17) is 0 Å². The number of pyridine rings is 1. The van der Waals surface area contributed by atoms with Crippen molar-refractivity contribution in [2.75, 3.05) is 13.1 Å². The number of hydrogen-bond acceptors (Lipinski definition) is 3. The van der Waals surface area contributed by atoms with E-state index in [1.165, 1.54) is 12.2 Å². The summed E-state index contributed by atoms with van der Waals surface area (Å²) < 4.78 is 40.3.